The van der Waals surface area contributed by atoms with Gasteiger partial charge in [0.1, 0.15) is 5.75 Å². The van der Waals surface area contributed by atoms with E-state index in [0.717, 1.165) is 14.9 Å². The lowest BCUT2D eigenvalue weighted by atomic mass is 9.88. The van der Waals surface area contributed by atoms with Crippen molar-refractivity contribution in [2.24, 2.45) is 0 Å². The zero-order valence-corrected chi connectivity index (χ0v) is 14.9. The fraction of sp³-hybridized carbons (Fsp3) is 0.278. The van der Waals surface area contributed by atoms with E-state index in [-0.39, 0.29) is 6.54 Å². The van der Waals surface area contributed by atoms with Gasteiger partial charge >= 0.3 is 12.1 Å². The van der Waals surface area contributed by atoms with Crippen LogP contribution in [-0.4, -0.2) is 30.6 Å². The van der Waals surface area contributed by atoms with E-state index >= 15 is 0 Å². The minimum absolute atomic E-state index is 0.000752. The summed E-state index contributed by atoms with van der Waals surface area (Å²) < 4.78 is 45.2. The van der Waals surface area contributed by atoms with E-state index in [2.05, 4.69) is 15.9 Å². The molecule has 0 saturated heterocycles. The molecule has 1 amide bonds. The average molecular weight is 414 g/mol. The molecule has 0 N–H and O–H groups in total. The topological polar surface area (TPSA) is 29.5 Å². The lowest BCUT2D eigenvalue weighted by Crippen LogP contribution is -2.46. The van der Waals surface area contributed by atoms with Crippen LogP contribution < -0.4 is 4.74 Å². The highest BCUT2D eigenvalue weighted by molar-refractivity contribution is 9.10. The first-order chi connectivity index (χ1) is 11.8. The summed E-state index contributed by atoms with van der Waals surface area (Å²) in [5, 5.41) is 0. The Kier molecular flexibility index (Phi) is 4.77. The molecule has 1 aliphatic rings. The number of hydrogen-bond donors (Lipinski definition) is 0. The maximum atomic E-state index is 13.1. The monoisotopic (exact) mass is 413 g/mol. The van der Waals surface area contributed by atoms with Gasteiger partial charge in [-0.2, -0.15) is 13.2 Å². The van der Waals surface area contributed by atoms with Crippen LogP contribution in [0.3, 0.4) is 0 Å². The van der Waals surface area contributed by atoms with Crippen molar-refractivity contribution in [1.82, 2.24) is 4.90 Å². The summed E-state index contributed by atoms with van der Waals surface area (Å²) in [6.45, 7) is -0.000752. The first kappa shape index (κ1) is 17.8. The summed E-state index contributed by atoms with van der Waals surface area (Å²) in [4.78, 5) is 12.9. The summed E-state index contributed by atoms with van der Waals surface area (Å²) in [7, 11) is 1.54. The number of ether oxygens (including phenoxy) is 1. The normalized spacial score (nSPS) is 17.2. The van der Waals surface area contributed by atoms with Crippen LogP contribution in [0.25, 0.3) is 0 Å². The number of nitrogens with zero attached hydrogens (tertiary/aromatic N) is 1. The van der Waals surface area contributed by atoms with E-state index in [1.54, 1.807) is 36.4 Å². The third kappa shape index (κ3) is 3.51. The van der Waals surface area contributed by atoms with Crippen molar-refractivity contribution < 1.29 is 22.7 Å². The quantitative estimate of drug-likeness (QED) is 0.725. The molecule has 2 aromatic rings. The highest BCUT2D eigenvalue weighted by Gasteiger charge is 2.46. The Labute approximate surface area is 151 Å². The standard InChI is InChI=1S/C18H15BrF3NO2/c1-25-14-6-7-15-12(10-14)8-9-23(17(24)18(20,21)22)16(15)11-2-4-13(19)5-3-11/h2-7,10,16H,8-9H2,1H3. The van der Waals surface area contributed by atoms with E-state index in [1.807, 2.05) is 6.07 Å². The minimum atomic E-state index is -4.91. The van der Waals surface area contributed by atoms with Crippen LogP contribution in [0.4, 0.5) is 13.2 Å². The molecule has 0 spiro atoms. The number of benzene rings is 2. The number of amides is 1. The van der Waals surface area contributed by atoms with Crippen molar-refractivity contribution in [3.05, 3.63) is 63.6 Å². The highest BCUT2D eigenvalue weighted by atomic mass is 79.9. The van der Waals surface area contributed by atoms with Gasteiger partial charge in [-0.15, -0.1) is 0 Å². The molecule has 0 bridgehead atoms. The van der Waals surface area contributed by atoms with Crippen molar-refractivity contribution in [2.75, 3.05) is 13.7 Å². The molecule has 7 heteroatoms. The van der Waals surface area contributed by atoms with Crippen LogP contribution in [0, 0.1) is 0 Å². The number of hydrogen-bond acceptors (Lipinski definition) is 2. The van der Waals surface area contributed by atoms with Crippen LogP contribution in [0.5, 0.6) is 5.75 Å². The molecule has 0 saturated carbocycles. The molecule has 1 unspecified atom stereocenters. The maximum Gasteiger partial charge on any atom is 0.471 e. The maximum absolute atomic E-state index is 13.1. The molecule has 2 aromatic carbocycles. The van der Waals surface area contributed by atoms with Gasteiger partial charge in [0.05, 0.1) is 13.2 Å². The first-order valence-corrected chi connectivity index (χ1v) is 8.40. The first-order valence-electron chi connectivity index (χ1n) is 7.61. The summed E-state index contributed by atoms with van der Waals surface area (Å²) in [6.07, 6.45) is -4.56. The molecule has 0 aromatic heterocycles. The van der Waals surface area contributed by atoms with Crippen LogP contribution in [-0.2, 0) is 11.2 Å². The van der Waals surface area contributed by atoms with Crippen LogP contribution >= 0.6 is 15.9 Å². The van der Waals surface area contributed by atoms with Gasteiger partial charge in [0, 0.05) is 11.0 Å². The molecule has 25 heavy (non-hydrogen) atoms. The Bertz CT molecular complexity index is 790. The summed E-state index contributed by atoms with van der Waals surface area (Å²) in [5.41, 5.74) is 2.21. The number of carbonyl (C=O) groups excluding carboxylic acids is 1. The van der Waals surface area contributed by atoms with Gasteiger partial charge in [0.15, 0.2) is 0 Å². The molecule has 1 aliphatic heterocycles. The Morgan fingerprint density at radius 1 is 1.20 bits per heavy atom. The smallest absolute Gasteiger partial charge is 0.471 e. The third-order valence-electron chi connectivity index (χ3n) is 4.27. The number of halogens is 4. The lowest BCUT2D eigenvalue weighted by Gasteiger charge is -2.38. The van der Waals surface area contributed by atoms with Crippen molar-refractivity contribution in [2.45, 2.75) is 18.6 Å². The molecule has 1 atom stereocenters. The second-order valence-electron chi connectivity index (χ2n) is 5.77. The van der Waals surface area contributed by atoms with Crippen LogP contribution in [0.2, 0.25) is 0 Å². The van der Waals surface area contributed by atoms with Gasteiger partial charge in [-0.3, -0.25) is 4.79 Å². The predicted molar refractivity (Wildman–Crippen MR) is 90.5 cm³/mol. The van der Waals surface area contributed by atoms with E-state index in [1.165, 1.54) is 7.11 Å². The summed E-state index contributed by atoms with van der Waals surface area (Å²) >= 11 is 3.32. The molecule has 0 fully saturated rings. The number of carbonyl (C=O) groups is 1. The van der Waals surface area contributed by atoms with E-state index < -0.39 is 18.1 Å². The minimum Gasteiger partial charge on any atom is -0.497 e. The van der Waals surface area contributed by atoms with E-state index in [9.17, 15) is 18.0 Å². The van der Waals surface area contributed by atoms with Crippen molar-refractivity contribution >= 4 is 21.8 Å². The second kappa shape index (κ2) is 6.71. The number of methoxy groups -OCH3 is 1. The Morgan fingerprint density at radius 3 is 2.48 bits per heavy atom. The predicted octanol–water partition coefficient (Wildman–Crippen LogP) is 4.49. The van der Waals surface area contributed by atoms with Crippen LogP contribution in [0.1, 0.15) is 22.7 Å². The molecular formula is C18H15BrF3NO2. The van der Waals surface area contributed by atoms with Gasteiger partial charge in [-0.25, -0.2) is 0 Å². The molecule has 3 rings (SSSR count). The summed E-state index contributed by atoms with van der Waals surface area (Å²) in [5.74, 6) is -1.18. The fourth-order valence-electron chi connectivity index (χ4n) is 3.12. The zero-order valence-electron chi connectivity index (χ0n) is 13.3. The lowest BCUT2D eigenvalue weighted by molar-refractivity contribution is -0.187. The van der Waals surface area contributed by atoms with Gasteiger partial charge < -0.3 is 9.64 Å². The van der Waals surface area contributed by atoms with Crippen molar-refractivity contribution in [1.29, 1.82) is 0 Å². The molecule has 132 valence electrons. The van der Waals surface area contributed by atoms with E-state index in [4.69, 9.17) is 4.74 Å². The Morgan fingerprint density at radius 2 is 1.88 bits per heavy atom. The molecule has 0 radical (unpaired) electrons. The van der Waals surface area contributed by atoms with Crippen molar-refractivity contribution in [3.63, 3.8) is 0 Å². The Balaban J connectivity index is 2.11. The molecule has 1 heterocycles. The third-order valence-corrected chi connectivity index (χ3v) is 4.80. The number of alkyl halides is 3. The zero-order chi connectivity index (χ0) is 18.2. The number of rotatable bonds is 2. The molecule has 0 aliphatic carbocycles. The van der Waals surface area contributed by atoms with Gasteiger partial charge in [-0.05, 0) is 47.4 Å². The van der Waals surface area contributed by atoms with E-state index in [0.29, 0.717) is 23.3 Å². The largest absolute Gasteiger partial charge is 0.497 e. The SMILES string of the molecule is COc1ccc2c(c1)CCN(C(=O)C(F)(F)F)C2c1ccc(Br)cc1. The van der Waals surface area contributed by atoms with Crippen LogP contribution in [0.15, 0.2) is 46.9 Å². The fourth-order valence-corrected chi connectivity index (χ4v) is 3.38. The highest BCUT2D eigenvalue weighted by Crippen LogP contribution is 2.39. The van der Waals surface area contributed by atoms with Gasteiger partial charge in [0.2, 0.25) is 0 Å². The van der Waals surface area contributed by atoms with Crippen molar-refractivity contribution in [3.8, 4) is 5.75 Å². The Hall–Kier alpha value is -2.02. The average Bonchev–Trinajstić information content (AvgIpc) is 2.59. The van der Waals surface area contributed by atoms with Gasteiger partial charge in [-0.1, -0.05) is 34.1 Å². The second-order valence-corrected chi connectivity index (χ2v) is 6.68. The molecule has 3 nitrogen and oxygen atoms in total. The number of fused-ring (bicyclic) bond motifs is 1. The molecular weight excluding hydrogens is 399 g/mol. The summed E-state index contributed by atoms with van der Waals surface area (Å²) in [6, 6.07) is 11.4. The van der Waals surface area contributed by atoms with Gasteiger partial charge in [0.25, 0.3) is 0 Å².